The Morgan fingerprint density at radius 3 is 2.32 bits per heavy atom. The van der Waals surface area contributed by atoms with Crippen molar-refractivity contribution in [1.82, 2.24) is 10.2 Å². The molecule has 200 valence electrons. The fourth-order valence-corrected chi connectivity index (χ4v) is 4.43. The predicted molar refractivity (Wildman–Crippen MR) is 136 cm³/mol. The maximum atomic E-state index is 13.6. The van der Waals surface area contributed by atoms with Gasteiger partial charge in [-0.2, -0.15) is 0 Å². The van der Waals surface area contributed by atoms with E-state index in [-0.39, 0.29) is 25.5 Å². The molecule has 2 aromatic carbocycles. The fourth-order valence-electron chi connectivity index (χ4n) is 4.43. The minimum absolute atomic E-state index is 0.192. The number of rotatable bonds is 12. The average Bonchev–Trinajstić information content (AvgIpc) is 2.93. The molecule has 0 aliphatic carbocycles. The van der Waals surface area contributed by atoms with Gasteiger partial charge in [-0.15, -0.1) is 0 Å². The van der Waals surface area contributed by atoms with E-state index in [0.29, 0.717) is 12.8 Å². The number of nitrogens with one attached hydrogen (secondary N) is 1. The number of fused-ring (bicyclic) bond motifs is 1. The normalized spacial score (nSPS) is 16.6. The Labute approximate surface area is 217 Å². The van der Waals surface area contributed by atoms with E-state index < -0.39 is 49.4 Å². The van der Waals surface area contributed by atoms with Crippen molar-refractivity contribution in [1.29, 1.82) is 0 Å². The van der Waals surface area contributed by atoms with Crippen LogP contribution in [0.25, 0.3) is 0 Å². The van der Waals surface area contributed by atoms with Gasteiger partial charge in [0.25, 0.3) is 0 Å². The molecular formula is C28H36N2O7. The molecule has 1 aliphatic heterocycles. The van der Waals surface area contributed by atoms with Crippen molar-refractivity contribution in [2.24, 2.45) is 0 Å². The average molecular weight is 513 g/mol. The van der Waals surface area contributed by atoms with Gasteiger partial charge in [-0.3, -0.25) is 14.9 Å². The molecule has 1 amide bonds. The highest BCUT2D eigenvalue weighted by atomic mass is 16.6. The van der Waals surface area contributed by atoms with Crippen molar-refractivity contribution in [2.45, 2.75) is 63.9 Å². The quantitative estimate of drug-likeness (QED) is 0.364. The minimum Gasteiger partial charge on any atom is -0.465 e. The zero-order valence-corrected chi connectivity index (χ0v) is 21.3. The zero-order valence-electron chi connectivity index (χ0n) is 21.3. The first kappa shape index (κ1) is 28.3. The number of aliphatic hydroxyl groups is 2. The summed E-state index contributed by atoms with van der Waals surface area (Å²) >= 11 is 0. The Morgan fingerprint density at radius 1 is 1.03 bits per heavy atom. The van der Waals surface area contributed by atoms with E-state index in [1.807, 2.05) is 54.6 Å². The Bertz CT molecular complexity index is 1040. The highest BCUT2D eigenvalue weighted by molar-refractivity contribution is 5.89. The number of hydrogen-bond acceptors (Lipinski definition) is 8. The number of carbonyl (C=O) groups is 3. The number of carbonyl (C=O) groups excluding carboxylic acids is 3. The Hall–Kier alpha value is -3.27. The van der Waals surface area contributed by atoms with E-state index in [1.54, 1.807) is 13.8 Å². The molecule has 0 saturated heterocycles. The van der Waals surface area contributed by atoms with E-state index in [4.69, 9.17) is 9.47 Å². The summed E-state index contributed by atoms with van der Waals surface area (Å²) in [7, 11) is 0. The number of nitrogens with zero attached hydrogens (tertiary/aromatic N) is 1. The molecule has 3 atom stereocenters. The molecule has 0 spiro atoms. The lowest BCUT2D eigenvalue weighted by molar-refractivity contribution is -0.165. The molecule has 3 N–H and O–H groups in total. The molecule has 1 aliphatic rings. The molecule has 0 saturated carbocycles. The largest absolute Gasteiger partial charge is 0.465 e. The standard InChI is InChI=1S/C28H36N2O7/c1-3-36-27(34)24(14-13-20-9-5-4-6-10-20)29-19(2)26(33)30-16-22-12-8-7-11-21(22)15-25(30)28(35)37-23(17-31)18-32/h4-12,19,23-25,29,31-32H,3,13-18H2,1-2H3/t19-,24-,25-/m0/s1. The van der Waals surface area contributed by atoms with Crippen LogP contribution in [-0.4, -0.2) is 77.0 Å². The van der Waals surface area contributed by atoms with Crippen LogP contribution in [0.2, 0.25) is 0 Å². The Kier molecular flexibility index (Phi) is 10.6. The second kappa shape index (κ2) is 13.9. The van der Waals surface area contributed by atoms with Crippen LogP contribution >= 0.6 is 0 Å². The molecule has 9 nitrogen and oxygen atoms in total. The van der Waals surface area contributed by atoms with Gasteiger partial charge >= 0.3 is 11.9 Å². The van der Waals surface area contributed by atoms with Crippen LogP contribution < -0.4 is 5.32 Å². The van der Waals surface area contributed by atoms with Gasteiger partial charge in [0.05, 0.1) is 25.9 Å². The van der Waals surface area contributed by atoms with Gasteiger partial charge in [-0.05, 0) is 43.4 Å². The number of ether oxygens (including phenoxy) is 2. The van der Waals surface area contributed by atoms with Crippen LogP contribution in [0.1, 0.15) is 37.0 Å². The third-order valence-electron chi connectivity index (χ3n) is 6.45. The zero-order chi connectivity index (χ0) is 26.8. The summed E-state index contributed by atoms with van der Waals surface area (Å²) in [6, 6.07) is 14.8. The first-order valence-electron chi connectivity index (χ1n) is 12.6. The summed E-state index contributed by atoms with van der Waals surface area (Å²) in [6.07, 6.45) is 0.229. The summed E-state index contributed by atoms with van der Waals surface area (Å²) in [5, 5.41) is 21.8. The molecule has 1 heterocycles. The molecular weight excluding hydrogens is 476 g/mol. The van der Waals surface area contributed by atoms with E-state index in [2.05, 4.69) is 5.32 Å². The molecule has 0 radical (unpaired) electrons. The van der Waals surface area contributed by atoms with Gasteiger partial charge < -0.3 is 24.6 Å². The van der Waals surface area contributed by atoms with Gasteiger partial charge in [-0.25, -0.2) is 4.79 Å². The molecule has 0 aromatic heterocycles. The number of benzene rings is 2. The van der Waals surface area contributed by atoms with Gasteiger partial charge in [0.1, 0.15) is 18.2 Å². The van der Waals surface area contributed by atoms with Crippen LogP contribution in [0, 0.1) is 0 Å². The van der Waals surface area contributed by atoms with Crippen molar-refractivity contribution in [3.8, 4) is 0 Å². The number of aliphatic hydroxyl groups excluding tert-OH is 2. The highest BCUT2D eigenvalue weighted by Crippen LogP contribution is 2.25. The second-order valence-corrected chi connectivity index (χ2v) is 9.10. The lowest BCUT2D eigenvalue weighted by Gasteiger charge is -2.38. The minimum atomic E-state index is -1.07. The van der Waals surface area contributed by atoms with Gasteiger partial charge in [0, 0.05) is 13.0 Å². The van der Waals surface area contributed by atoms with Crippen LogP contribution in [0.5, 0.6) is 0 Å². The molecule has 9 heteroatoms. The fraction of sp³-hybridized carbons (Fsp3) is 0.464. The third-order valence-corrected chi connectivity index (χ3v) is 6.45. The number of esters is 2. The summed E-state index contributed by atoms with van der Waals surface area (Å²) in [4.78, 5) is 40.8. The summed E-state index contributed by atoms with van der Waals surface area (Å²) in [5.74, 6) is -1.50. The van der Waals surface area contributed by atoms with Gasteiger partial charge in [-0.1, -0.05) is 54.6 Å². The first-order valence-corrected chi connectivity index (χ1v) is 12.6. The van der Waals surface area contributed by atoms with Crippen molar-refractivity contribution >= 4 is 17.8 Å². The molecule has 0 bridgehead atoms. The van der Waals surface area contributed by atoms with Crippen molar-refractivity contribution < 1.29 is 34.1 Å². The van der Waals surface area contributed by atoms with Crippen LogP contribution in [0.4, 0.5) is 0 Å². The van der Waals surface area contributed by atoms with Gasteiger partial charge in [0.2, 0.25) is 5.91 Å². The molecule has 0 unspecified atom stereocenters. The summed E-state index contributed by atoms with van der Waals surface area (Å²) < 4.78 is 10.5. The van der Waals surface area contributed by atoms with E-state index in [0.717, 1.165) is 16.7 Å². The highest BCUT2D eigenvalue weighted by Gasteiger charge is 2.39. The monoisotopic (exact) mass is 512 g/mol. The summed E-state index contributed by atoms with van der Waals surface area (Å²) in [6.45, 7) is 2.74. The topological polar surface area (TPSA) is 125 Å². The molecule has 0 fully saturated rings. The van der Waals surface area contributed by atoms with Crippen molar-refractivity contribution in [3.05, 3.63) is 71.3 Å². The van der Waals surface area contributed by atoms with E-state index >= 15 is 0 Å². The lowest BCUT2D eigenvalue weighted by atomic mass is 9.93. The van der Waals surface area contributed by atoms with E-state index in [1.165, 1.54) is 4.90 Å². The number of aryl methyl sites for hydroxylation is 1. The predicted octanol–water partition coefficient (Wildman–Crippen LogP) is 1.38. The van der Waals surface area contributed by atoms with Crippen LogP contribution in [0.15, 0.2) is 54.6 Å². The third kappa shape index (κ3) is 7.61. The van der Waals surface area contributed by atoms with Crippen LogP contribution in [0.3, 0.4) is 0 Å². The lowest BCUT2D eigenvalue weighted by Crippen LogP contribution is -2.57. The maximum Gasteiger partial charge on any atom is 0.329 e. The number of amides is 1. The molecule has 2 aromatic rings. The SMILES string of the molecule is CCOC(=O)[C@H](CCc1ccccc1)N[C@@H](C)C(=O)N1Cc2ccccc2C[C@H]1C(=O)OC(CO)CO. The Balaban J connectivity index is 1.77. The molecule has 37 heavy (non-hydrogen) atoms. The maximum absolute atomic E-state index is 13.6. The Morgan fingerprint density at radius 2 is 1.68 bits per heavy atom. The smallest absolute Gasteiger partial charge is 0.329 e. The van der Waals surface area contributed by atoms with Crippen LogP contribution in [-0.2, 0) is 43.2 Å². The van der Waals surface area contributed by atoms with E-state index in [9.17, 15) is 24.6 Å². The van der Waals surface area contributed by atoms with Crippen molar-refractivity contribution in [3.63, 3.8) is 0 Å². The van der Waals surface area contributed by atoms with Gasteiger partial charge in [0.15, 0.2) is 0 Å². The van der Waals surface area contributed by atoms with Crippen molar-refractivity contribution in [2.75, 3.05) is 19.8 Å². The number of hydrogen-bond donors (Lipinski definition) is 3. The summed E-state index contributed by atoms with van der Waals surface area (Å²) in [5.41, 5.74) is 2.90. The second-order valence-electron chi connectivity index (χ2n) is 9.10. The first-order chi connectivity index (χ1) is 17.9. The molecule has 3 rings (SSSR count).